The lowest BCUT2D eigenvalue weighted by Crippen LogP contribution is -2.35. The number of nitrogens with one attached hydrogen (secondary N) is 3. The van der Waals surface area contributed by atoms with Crippen molar-refractivity contribution in [2.24, 2.45) is 0 Å². The van der Waals surface area contributed by atoms with Crippen LogP contribution in [0.2, 0.25) is 0 Å². The van der Waals surface area contributed by atoms with Gasteiger partial charge < -0.3 is 30.7 Å². The number of nitrogens with zero attached hydrogens (tertiary/aromatic N) is 3. The van der Waals surface area contributed by atoms with Crippen LogP contribution in [0.4, 0.5) is 0 Å². The molecule has 0 unspecified atom stereocenters. The standard InChI is InChI=1S/C43H88N4O2.C26H54N2O.CH4/c1-5-9-11-13-15-17-19-21-23-25-27-29-31-36-44-42(48)34-40-46(7-3)38-33-39-47(8-4)41-35-43(49)45-37-32-30-28-26-24-22-20-18-16-14-12-10-6-2;1-4-7-9-11-12-13-14-15-16-17-18-19-20-23-27-26(29)22-25-28(6-3)24-21-10-8-5-2;/h5-41H2,1-4H3,(H,44,48)(H,45,49);4-25H2,1-3H3,(H,27,29);1H4. The van der Waals surface area contributed by atoms with Crippen LogP contribution < -0.4 is 16.0 Å². The zero-order chi connectivity index (χ0) is 57.3. The van der Waals surface area contributed by atoms with Gasteiger partial charge in [0.15, 0.2) is 0 Å². The monoisotopic (exact) mass is 1120 g/mol. The van der Waals surface area contributed by atoms with Crippen LogP contribution in [0.15, 0.2) is 0 Å². The molecule has 0 aliphatic carbocycles. The van der Waals surface area contributed by atoms with Crippen molar-refractivity contribution in [1.29, 1.82) is 0 Å². The van der Waals surface area contributed by atoms with Crippen LogP contribution in [0.5, 0.6) is 0 Å². The summed E-state index contributed by atoms with van der Waals surface area (Å²) in [6, 6.07) is 0. The molecule has 0 bridgehead atoms. The molecule has 0 heterocycles. The Hall–Kier alpha value is -1.71. The number of unbranched alkanes of at least 4 members (excludes halogenated alkanes) is 39. The lowest BCUT2D eigenvalue weighted by Gasteiger charge is -2.24. The van der Waals surface area contributed by atoms with Crippen LogP contribution in [0.3, 0.4) is 0 Å². The zero-order valence-corrected chi connectivity index (χ0v) is 54.3. The maximum atomic E-state index is 12.4. The Kier molecular flexibility index (Phi) is 72.8. The van der Waals surface area contributed by atoms with E-state index < -0.39 is 0 Å². The fraction of sp³-hybridized carbons (Fsp3) is 0.957. The first-order valence-corrected chi connectivity index (χ1v) is 35.3. The molecule has 3 amide bonds. The van der Waals surface area contributed by atoms with E-state index in [1.165, 1.54) is 257 Å². The van der Waals surface area contributed by atoms with Crippen molar-refractivity contribution in [1.82, 2.24) is 30.7 Å². The predicted octanol–water partition coefficient (Wildman–Crippen LogP) is 19.3. The number of carbonyl (C=O) groups excluding carboxylic acids is 3. The van der Waals surface area contributed by atoms with Gasteiger partial charge in [0.2, 0.25) is 17.7 Å². The molecule has 0 aliphatic heterocycles. The lowest BCUT2D eigenvalue weighted by atomic mass is 10.0. The SMILES string of the molecule is C.CCCCCCCCCCCCCCCNC(=O)CCN(CC)CCCCCC.CCCCCCCCCCCCCCCNC(=O)CCN(CC)CCCN(CC)CCC(=O)NCCCCCCCCCCCCCCC. The van der Waals surface area contributed by atoms with Gasteiger partial charge in [-0.2, -0.15) is 0 Å². The second-order valence-electron chi connectivity index (χ2n) is 23.7. The van der Waals surface area contributed by atoms with Crippen molar-refractivity contribution in [2.45, 2.75) is 358 Å². The Balaban J connectivity index is -0.00000164. The first kappa shape index (κ1) is 81.5. The molecule has 0 aromatic rings. The molecule has 0 aromatic heterocycles. The van der Waals surface area contributed by atoms with Crippen molar-refractivity contribution in [2.75, 3.05) is 78.5 Å². The predicted molar refractivity (Wildman–Crippen MR) is 352 cm³/mol. The van der Waals surface area contributed by atoms with Gasteiger partial charge in [-0.3, -0.25) is 14.4 Å². The lowest BCUT2D eigenvalue weighted by molar-refractivity contribution is -0.122. The number of rotatable bonds is 63. The molecule has 0 radical (unpaired) electrons. The highest BCUT2D eigenvalue weighted by molar-refractivity contribution is 5.76. The Morgan fingerprint density at radius 1 is 0.228 bits per heavy atom. The van der Waals surface area contributed by atoms with Gasteiger partial charge in [0.05, 0.1) is 0 Å². The van der Waals surface area contributed by atoms with Crippen LogP contribution in [0.1, 0.15) is 358 Å². The first-order chi connectivity index (χ1) is 38.3. The fourth-order valence-electron chi connectivity index (χ4n) is 10.7. The smallest absolute Gasteiger partial charge is 0.221 e. The van der Waals surface area contributed by atoms with E-state index in [0.717, 1.165) is 104 Å². The topological polar surface area (TPSA) is 97.0 Å². The van der Waals surface area contributed by atoms with Crippen molar-refractivity contribution in [3.05, 3.63) is 0 Å². The summed E-state index contributed by atoms with van der Waals surface area (Å²) in [5.74, 6) is 0.616. The van der Waals surface area contributed by atoms with E-state index in [-0.39, 0.29) is 25.1 Å². The summed E-state index contributed by atoms with van der Waals surface area (Å²) in [4.78, 5) is 44.0. The molecular formula is C70H146N6O3. The second kappa shape index (κ2) is 70.6. The average Bonchev–Trinajstić information content (AvgIpc) is 3.44. The summed E-state index contributed by atoms with van der Waals surface area (Å²) >= 11 is 0. The molecule has 474 valence electrons. The van der Waals surface area contributed by atoms with Crippen molar-refractivity contribution >= 4 is 17.7 Å². The van der Waals surface area contributed by atoms with Crippen LogP contribution in [-0.2, 0) is 14.4 Å². The molecule has 0 saturated carbocycles. The number of carbonyl (C=O) groups is 3. The second-order valence-corrected chi connectivity index (χ2v) is 23.7. The molecule has 0 spiro atoms. The Bertz CT molecular complexity index is 1130. The Labute approximate surface area is 496 Å². The van der Waals surface area contributed by atoms with Crippen molar-refractivity contribution in [3.63, 3.8) is 0 Å². The minimum Gasteiger partial charge on any atom is -0.356 e. The summed E-state index contributed by atoms with van der Waals surface area (Å²) in [7, 11) is 0. The Morgan fingerprint density at radius 2 is 0.405 bits per heavy atom. The molecular weight excluding hydrogens is 973 g/mol. The molecule has 0 aromatic carbocycles. The third-order valence-electron chi connectivity index (χ3n) is 16.4. The highest BCUT2D eigenvalue weighted by Gasteiger charge is 2.11. The number of hydrogen-bond acceptors (Lipinski definition) is 6. The molecule has 9 heteroatoms. The van der Waals surface area contributed by atoms with Crippen molar-refractivity contribution in [3.8, 4) is 0 Å². The van der Waals surface area contributed by atoms with E-state index in [9.17, 15) is 14.4 Å². The van der Waals surface area contributed by atoms with E-state index in [4.69, 9.17) is 0 Å². The van der Waals surface area contributed by atoms with Gasteiger partial charge >= 0.3 is 0 Å². The quantitative estimate of drug-likeness (QED) is 0.0525. The average molecular weight is 1120 g/mol. The fourth-order valence-corrected chi connectivity index (χ4v) is 10.7. The molecule has 0 fully saturated rings. The Morgan fingerprint density at radius 3 is 0.608 bits per heavy atom. The summed E-state index contributed by atoms with van der Waals surface area (Å²) in [5, 5.41) is 9.40. The summed E-state index contributed by atoms with van der Waals surface area (Å²) in [6.07, 6.45) is 61.1. The molecule has 0 aliphatic rings. The molecule has 0 rings (SSSR count). The maximum absolute atomic E-state index is 12.4. The first-order valence-electron chi connectivity index (χ1n) is 35.3. The summed E-state index contributed by atoms with van der Waals surface area (Å²) in [6.45, 7) is 26.9. The number of amides is 3. The molecule has 0 saturated heterocycles. The minimum absolute atomic E-state index is 0. The molecule has 0 atom stereocenters. The van der Waals surface area contributed by atoms with E-state index in [1.807, 2.05) is 0 Å². The van der Waals surface area contributed by atoms with Gasteiger partial charge in [-0.15, -0.1) is 0 Å². The van der Waals surface area contributed by atoms with Crippen LogP contribution >= 0.6 is 0 Å². The van der Waals surface area contributed by atoms with Gasteiger partial charge in [0.25, 0.3) is 0 Å². The van der Waals surface area contributed by atoms with Gasteiger partial charge in [-0.25, -0.2) is 0 Å². The largest absolute Gasteiger partial charge is 0.356 e. The van der Waals surface area contributed by atoms with E-state index in [1.54, 1.807) is 0 Å². The van der Waals surface area contributed by atoms with Gasteiger partial charge in [0.1, 0.15) is 0 Å². The third kappa shape index (κ3) is 67.0. The van der Waals surface area contributed by atoms with Gasteiger partial charge in [-0.1, -0.05) is 306 Å². The van der Waals surface area contributed by atoms with E-state index in [0.29, 0.717) is 19.3 Å². The van der Waals surface area contributed by atoms with Gasteiger partial charge in [-0.05, 0) is 71.4 Å². The molecule has 79 heavy (non-hydrogen) atoms. The number of hydrogen-bond donors (Lipinski definition) is 3. The summed E-state index contributed by atoms with van der Waals surface area (Å²) < 4.78 is 0. The highest BCUT2D eigenvalue weighted by atomic mass is 16.2. The highest BCUT2D eigenvalue weighted by Crippen LogP contribution is 2.15. The zero-order valence-electron chi connectivity index (χ0n) is 54.3. The van der Waals surface area contributed by atoms with Crippen LogP contribution in [0.25, 0.3) is 0 Å². The molecule has 3 N–H and O–H groups in total. The van der Waals surface area contributed by atoms with E-state index in [2.05, 4.69) is 79.1 Å². The third-order valence-corrected chi connectivity index (χ3v) is 16.4. The van der Waals surface area contributed by atoms with Crippen LogP contribution in [-0.4, -0.2) is 111 Å². The van der Waals surface area contributed by atoms with Gasteiger partial charge in [0, 0.05) is 58.5 Å². The van der Waals surface area contributed by atoms with Crippen molar-refractivity contribution < 1.29 is 14.4 Å². The maximum Gasteiger partial charge on any atom is 0.221 e. The molecule has 9 nitrogen and oxygen atoms in total. The minimum atomic E-state index is 0. The summed E-state index contributed by atoms with van der Waals surface area (Å²) in [5.41, 5.74) is 0. The van der Waals surface area contributed by atoms with Crippen LogP contribution in [0, 0.1) is 0 Å². The normalized spacial score (nSPS) is 11.3. The van der Waals surface area contributed by atoms with E-state index >= 15 is 0 Å².